The van der Waals surface area contributed by atoms with Gasteiger partial charge in [-0.1, -0.05) is 12.1 Å². The van der Waals surface area contributed by atoms with Crippen molar-refractivity contribution in [3.8, 4) is 0 Å². The van der Waals surface area contributed by atoms with Gasteiger partial charge in [-0.25, -0.2) is 8.78 Å². The van der Waals surface area contributed by atoms with Crippen LogP contribution in [0.3, 0.4) is 0 Å². The third kappa shape index (κ3) is 2.99. The molecule has 0 saturated carbocycles. The topological polar surface area (TPSA) is 24.9 Å². The molecule has 0 amide bonds. The number of hydrogen-bond donors (Lipinski definition) is 1. The maximum absolute atomic E-state index is 13.5. The third-order valence-corrected chi connectivity index (χ3v) is 3.31. The Balaban J connectivity index is 1.80. The van der Waals surface area contributed by atoms with Gasteiger partial charge in [0.05, 0.1) is 11.2 Å². The van der Waals surface area contributed by atoms with Gasteiger partial charge in [0.15, 0.2) is 0 Å². The fourth-order valence-corrected chi connectivity index (χ4v) is 2.22. The number of nitrogens with zero attached hydrogens (tertiary/aromatic N) is 1. The van der Waals surface area contributed by atoms with E-state index in [1.54, 1.807) is 0 Å². The van der Waals surface area contributed by atoms with Crippen molar-refractivity contribution in [3.05, 3.63) is 71.4 Å². The summed E-state index contributed by atoms with van der Waals surface area (Å²) in [5.41, 5.74) is 3.21. The maximum atomic E-state index is 13.5. The summed E-state index contributed by atoms with van der Waals surface area (Å²) in [5, 5.41) is 4.01. The molecule has 21 heavy (non-hydrogen) atoms. The molecule has 4 heteroatoms. The Labute approximate surface area is 121 Å². The first-order valence-corrected chi connectivity index (χ1v) is 6.67. The Morgan fingerprint density at radius 3 is 2.67 bits per heavy atom. The van der Waals surface area contributed by atoms with Crippen molar-refractivity contribution in [1.82, 2.24) is 4.98 Å². The van der Waals surface area contributed by atoms with E-state index in [0.29, 0.717) is 12.2 Å². The highest BCUT2D eigenvalue weighted by Gasteiger charge is 2.04. The van der Waals surface area contributed by atoms with Gasteiger partial charge >= 0.3 is 0 Å². The van der Waals surface area contributed by atoms with E-state index in [1.807, 2.05) is 37.3 Å². The minimum atomic E-state index is -0.590. The molecular weight excluding hydrogens is 270 g/mol. The van der Waals surface area contributed by atoms with Crippen molar-refractivity contribution in [2.24, 2.45) is 0 Å². The Bertz CT molecular complexity index is 800. The van der Waals surface area contributed by atoms with Gasteiger partial charge in [-0.3, -0.25) is 4.98 Å². The predicted molar refractivity (Wildman–Crippen MR) is 80.2 cm³/mol. The van der Waals surface area contributed by atoms with Gasteiger partial charge in [-0.2, -0.15) is 0 Å². The Kier molecular flexibility index (Phi) is 3.52. The molecule has 0 fully saturated rings. The molecule has 106 valence electrons. The van der Waals surface area contributed by atoms with Gasteiger partial charge in [0.1, 0.15) is 11.6 Å². The minimum absolute atomic E-state index is 0.290. The van der Waals surface area contributed by atoms with Gasteiger partial charge in [-0.05, 0) is 42.8 Å². The number of rotatable bonds is 3. The summed E-state index contributed by atoms with van der Waals surface area (Å²) in [7, 11) is 0. The van der Waals surface area contributed by atoms with Crippen LogP contribution in [0.15, 0.2) is 48.5 Å². The van der Waals surface area contributed by atoms with Crippen LogP contribution < -0.4 is 5.32 Å². The molecule has 0 aliphatic rings. The molecule has 0 spiro atoms. The lowest BCUT2D eigenvalue weighted by Gasteiger charge is -2.08. The normalized spacial score (nSPS) is 10.8. The molecule has 1 N–H and O–H groups in total. The van der Waals surface area contributed by atoms with Crippen molar-refractivity contribution in [2.75, 3.05) is 5.32 Å². The summed E-state index contributed by atoms with van der Waals surface area (Å²) in [6.45, 7) is 2.42. The molecule has 0 aliphatic heterocycles. The minimum Gasteiger partial charge on any atom is -0.379 e. The number of nitrogens with one attached hydrogen (secondary N) is 1. The Hall–Kier alpha value is -2.49. The average molecular weight is 284 g/mol. The summed E-state index contributed by atoms with van der Waals surface area (Å²) in [6.07, 6.45) is 0. The molecule has 1 aromatic heterocycles. The van der Waals surface area contributed by atoms with E-state index in [0.717, 1.165) is 28.2 Å². The maximum Gasteiger partial charge on any atom is 0.149 e. The van der Waals surface area contributed by atoms with E-state index >= 15 is 0 Å². The number of hydrogen-bond acceptors (Lipinski definition) is 2. The Morgan fingerprint density at radius 1 is 1.00 bits per heavy atom. The standard InChI is InChI=1S/C17H14F2N2/c1-11-2-4-13-8-12(3-6-16(13)21-11)10-20-17-7-5-14(18)9-15(17)19/h2-9,20H,10H2,1H3. The monoisotopic (exact) mass is 284 g/mol. The lowest BCUT2D eigenvalue weighted by atomic mass is 10.1. The van der Waals surface area contributed by atoms with Gasteiger partial charge in [0, 0.05) is 23.7 Å². The van der Waals surface area contributed by atoms with Crippen LogP contribution in [0.1, 0.15) is 11.3 Å². The van der Waals surface area contributed by atoms with Crippen LogP contribution in [0.5, 0.6) is 0 Å². The van der Waals surface area contributed by atoms with E-state index in [2.05, 4.69) is 10.3 Å². The second-order valence-electron chi connectivity index (χ2n) is 4.96. The zero-order valence-electron chi connectivity index (χ0n) is 11.5. The molecular formula is C17H14F2N2. The molecule has 2 aromatic carbocycles. The Morgan fingerprint density at radius 2 is 1.86 bits per heavy atom. The summed E-state index contributed by atoms with van der Waals surface area (Å²) in [6, 6.07) is 13.4. The first-order valence-electron chi connectivity index (χ1n) is 6.67. The number of anilines is 1. The van der Waals surface area contributed by atoms with E-state index in [4.69, 9.17) is 0 Å². The zero-order valence-corrected chi connectivity index (χ0v) is 11.5. The van der Waals surface area contributed by atoms with Crippen molar-refractivity contribution >= 4 is 16.6 Å². The van der Waals surface area contributed by atoms with Crippen LogP contribution in [0.4, 0.5) is 14.5 Å². The fourth-order valence-electron chi connectivity index (χ4n) is 2.22. The van der Waals surface area contributed by atoms with E-state index in [-0.39, 0.29) is 0 Å². The van der Waals surface area contributed by atoms with Crippen LogP contribution in [0.25, 0.3) is 10.9 Å². The van der Waals surface area contributed by atoms with E-state index in [1.165, 1.54) is 12.1 Å². The van der Waals surface area contributed by atoms with Crippen molar-refractivity contribution in [1.29, 1.82) is 0 Å². The summed E-state index contributed by atoms with van der Waals surface area (Å²) < 4.78 is 26.4. The number of halogens is 2. The molecule has 3 aromatic rings. The number of aromatic nitrogens is 1. The van der Waals surface area contributed by atoms with Gasteiger partial charge in [0.2, 0.25) is 0 Å². The molecule has 3 rings (SSSR count). The van der Waals surface area contributed by atoms with Gasteiger partial charge in [-0.15, -0.1) is 0 Å². The molecule has 2 nitrogen and oxygen atoms in total. The van der Waals surface area contributed by atoms with Crippen molar-refractivity contribution in [3.63, 3.8) is 0 Å². The van der Waals surface area contributed by atoms with Crippen molar-refractivity contribution < 1.29 is 8.78 Å². The van der Waals surface area contributed by atoms with Gasteiger partial charge in [0.25, 0.3) is 0 Å². The quantitative estimate of drug-likeness (QED) is 0.769. The highest BCUT2D eigenvalue weighted by Crippen LogP contribution is 2.18. The summed E-state index contributed by atoms with van der Waals surface area (Å²) >= 11 is 0. The second-order valence-corrected chi connectivity index (χ2v) is 4.96. The number of benzene rings is 2. The SMILES string of the molecule is Cc1ccc2cc(CNc3ccc(F)cc3F)ccc2n1. The lowest BCUT2D eigenvalue weighted by molar-refractivity contribution is 0.585. The fraction of sp³-hybridized carbons (Fsp3) is 0.118. The van der Waals surface area contributed by atoms with Crippen LogP contribution in [0, 0.1) is 18.6 Å². The largest absolute Gasteiger partial charge is 0.379 e. The van der Waals surface area contributed by atoms with Crippen LogP contribution in [0.2, 0.25) is 0 Å². The lowest BCUT2D eigenvalue weighted by Crippen LogP contribution is -2.01. The average Bonchev–Trinajstić information content (AvgIpc) is 2.46. The molecule has 0 aliphatic carbocycles. The third-order valence-electron chi connectivity index (χ3n) is 3.31. The molecule has 0 bridgehead atoms. The number of pyridine rings is 1. The van der Waals surface area contributed by atoms with Crippen LogP contribution >= 0.6 is 0 Å². The molecule has 0 saturated heterocycles. The first kappa shape index (κ1) is 13.5. The second kappa shape index (κ2) is 5.48. The zero-order chi connectivity index (χ0) is 14.8. The summed E-state index contributed by atoms with van der Waals surface area (Å²) in [4.78, 5) is 4.44. The summed E-state index contributed by atoms with van der Waals surface area (Å²) in [5.74, 6) is -1.17. The van der Waals surface area contributed by atoms with E-state index < -0.39 is 11.6 Å². The van der Waals surface area contributed by atoms with E-state index in [9.17, 15) is 8.78 Å². The highest BCUT2D eigenvalue weighted by atomic mass is 19.1. The molecule has 0 radical (unpaired) electrons. The highest BCUT2D eigenvalue weighted by molar-refractivity contribution is 5.79. The molecule has 0 atom stereocenters. The molecule has 1 heterocycles. The van der Waals surface area contributed by atoms with Crippen LogP contribution in [-0.4, -0.2) is 4.98 Å². The van der Waals surface area contributed by atoms with Crippen LogP contribution in [-0.2, 0) is 6.54 Å². The smallest absolute Gasteiger partial charge is 0.149 e. The first-order chi connectivity index (χ1) is 10.1. The van der Waals surface area contributed by atoms with Crippen molar-refractivity contribution in [2.45, 2.75) is 13.5 Å². The number of aryl methyl sites for hydroxylation is 1. The van der Waals surface area contributed by atoms with Gasteiger partial charge < -0.3 is 5.32 Å². The molecule has 0 unspecified atom stereocenters. The number of fused-ring (bicyclic) bond motifs is 1. The predicted octanol–water partition coefficient (Wildman–Crippen LogP) is 4.43.